The van der Waals surface area contributed by atoms with Gasteiger partial charge in [-0.2, -0.15) is 0 Å². The smallest absolute Gasteiger partial charge is 0.234 e. The molecule has 0 aliphatic rings. The van der Waals surface area contributed by atoms with Crippen molar-refractivity contribution in [3.05, 3.63) is 59.2 Å². The molecule has 2 aromatic carbocycles. The molecule has 0 bridgehead atoms. The standard InChI is InChI=1S/C19H18ClN3O2S/c1-12-3-6-14(9-16(12)20)22-18(24)11-26-19-21-10-17(23-19)13-4-7-15(25-2)8-5-13/h3-10H,11H2,1-2H3,(H,21,23)(H,22,24). The van der Waals surface area contributed by atoms with E-state index in [1.807, 2.05) is 43.3 Å². The summed E-state index contributed by atoms with van der Waals surface area (Å²) in [6, 6.07) is 13.1. The fourth-order valence-corrected chi connectivity index (χ4v) is 3.13. The number of hydrogen-bond donors (Lipinski definition) is 2. The molecule has 0 aliphatic heterocycles. The van der Waals surface area contributed by atoms with Gasteiger partial charge < -0.3 is 15.0 Å². The summed E-state index contributed by atoms with van der Waals surface area (Å²) in [6.07, 6.45) is 1.75. The summed E-state index contributed by atoms with van der Waals surface area (Å²) in [4.78, 5) is 19.6. The number of carbonyl (C=O) groups is 1. The molecule has 7 heteroatoms. The van der Waals surface area contributed by atoms with E-state index in [2.05, 4.69) is 15.3 Å². The summed E-state index contributed by atoms with van der Waals surface area (Å²) >= 11 is 7.41. The van der Waals surface area contributed by atoms with E-state index in [1.165, 1.54) is 11.8 Å². The number of nitrogens with zero attached hydrogens (tertiary/aromatic N) is 1. The van der Waals surface area contributed by atoms with Crippen LogP contribution in [0, 0.1) is 6.92 Å². The SMILES string of the molecule is COc1ccc(-c2cnc(SCC(=O)Nc3ccc(C)c(Cl)c3)[nH]2)cc1. The zero-order valence-electron chi connectivity index (χ0n) is 14.4. The number of imidazole rings is 1. The van der Waals surface area contributed by atoms with Gasteiger partial charge in [0.25, 0.3) is 0 Å². The Morgan fingerprint density at radius 2 is 2.04 bits per heavy atom. The highest BCUT2D eigenvalue weighted by molar-refractivity contribution is 7.99. The first-order chi connectivity index (χ1) is 12.5. The second-order valence-corrected chi connectivity index (χ2v) is 7.00. The van der Waals surface area contributed by atoms with Crippen LogP contribution in [0.5, 0.6) is 5.75 Å². The molecule has 0 saturated carbocycles. The van der Waals surface area contributed by atoms with Gasteiger partial charge in [-0.05, 0) is 54.4 Å². The first-order valence-electron chi connectivity index (χ1n) is 7.93. The molecule has 0 radical (unpaired) electrons. The van der Waals surface area contributed by atoms with E-state index in [-0.39, 0.29) is 11.7 Å². The molecule has 134 valence electrons. The van der Waals surface area contributed by atoms with Crippen molar-refractivity contribution in [2.75, 3.05) is 18.2 Å². The molecule has 0 aliphatic carbocycles. The van der Waals surface area contributed by atoms with Crippen molar-refractivity contribution < 1.29 is 9.53 Å². The van der Waals surface area contributed by atoms with E-state index in [9.17, 15) is 4.79 Å². The Bertz CT molecular complexity index is 909. The van der Waals surface area contributed by atoms with Crippen molar-refractivity contribution in [3.8, 4) is 17.0 Å². The summed E-state index contributed by atoms with van der Waals surface area (Å²) in [5, 5.41) is 4.15. The summed E-state index contributed by atoms with van der Waals surface area (Å²) in [5.41, 5.74) is 3.55. The molecule has 26 heavy (non-hydrogen) atoms. The molecule has 3 rings (SSSR count). The van der Waals surface area contributed by atoms with E-state index in [0.29, 0.717) is 15.9 Å². The number of rotatable bonds is 6. The third-order valence-electron chi connectivity index (χ3n) is 3.75. The number of nitrogens with one attached hydrogen (secondary N) is 2. The molecule has 2 N–H and O–H groups in total. The molecule has 0 saturated heterocycles. The monoisotopic (exact) mass is 387 g/mol. The van der Waals surface area contributed by atoms with E-state index in [0.717, 1.165) is 22.6 Å². The Labute approximate surface area is 161 Å². The second kappa shape index (κ2) is 8.29. The topological polar surface area (TPSA) is 67.0 Å². The van der Waals surface area contributed by atoms with Crippen molar-refractivity contribution in [2.45, 2.75) is 12.1 Å². The molecule has 0 atom stereocenters. The van der Waals surface area contributed by atoms with Gasteiger partial charge in [0.15, 0.2) is 5.16 Å². The third kappa shape index (κ3) is 4.59. The number of ether oxygens (including phenoxy) is 1. The van der Waals surface area contributed by atoms with Gasteiger partial charge in [0.05, 0.1) is 24.8 Å². The maximum Gasteiger partial charge on any atom is 0.234 e. The highest BCUT2D eigenvalue weighted by atomic mass is 35.5. The first-order valence-corrected chi connectivity index (χ1v) is 9.30. The van der Waals surface area contributed by atoms with Gasteiger partial charge in [0, 0.05) is 10.7 Å². The largest absolute Gasteiger partial charge is 0.497 e. The number of hydrogen-bond acceptors (Lipinski definition) is 4. The zero-order chi connectivity index (χ0) is 18.5. The van der Waals surface area contributed by atoms with Crippen molar-refractivity contribution in [3.63, 3.8) is 0 Å². The summed E-state index contributed by atoms with van der Waals surface area (Å²) in [6.45, 7) is 1.92. The number of halogens is 1. The van der Waals surface area contributed by atoms with Crippen LogP contribution in [0.4, 0.5) is 5.69 Å². The minimum Gasteiger partial charge on any atom is -0.497 e. The minimum absolute atomic E-state index is 0.114. The van der Waals surface area contributed by atoms with Crippen LogP contribution in [0.15, 0.2) is 53.8 Å². The van der Waals surface area contributed by atoms with E-state index in [1.54, 1.807) is 19.4 Å². The molecular formula is C19H18ClN3O2S. The number of carbonyl (C=O) groups excluding carboxylic acids is 1. The van der Waals surface area contributed by atoms with Crippen molar-refractivity contribution in [1.29, 1.82) is 0 Å². The van der Waals surface area contributed by atoms with Gasteiger partial charge in [0.1, 0.15) is 5.75 Å². The van der Waals surface area contributed by atoms with Gasteiger partial charge in [-0.25, -0.2) is 4.98 Å². The Balaban J connectivity index is 1.56. The van der Waals surface area contributed by atoms with E-state index in [4.69, 9.17) is 16.3 Å². The third-order valence-corrected chi connectivity index (χ3v) is 5.04. The lowest BCUT2D eigenvalue weighted by atomic mass is 10.2. The Morgan fingerprint density at radius 3 is 2.73 bits per heavy atom. The van der Waals surface area contributed by atoms with Gasteiger partial charge in [-0.1, -0.05) is 29.4 Å². The predicted octanol–water partition coefficient (Wildman–Crippen LogP) is 4.78. The van der Waals surface area contributed by atoms with E-state index < -0.39 is 0 Å². The maximum absolute atomic E-state index is 12.1. The average Bonchev–Trinajstić information content (AvgIpc) is 3.12. The molecule has 0 unspecified atom stereocenters. The quantitative estimate of drug-likeness (QED) is 0.597. The average molecular weight is 388 g/mol. The van der Waals surface area contributed by atoms with E-state index >= 15 is 0 Å². The van der Waals surface area contributed by atoms with Crippen LogP contribution in [-0.4, -0.2) is 28.7 Å². The van der Waals surface area contributed by atoms with Crippen molar-refractivity contribution in [1.82, 2.24) is 9.97 Å². The van der Waals surface area contributed by atoms with Gasteiger partial charge in [0.2, 0.25) is 5.91 Å². The fourth-order valence-electron chi connectivity index (χ4n) is 2.30. The molecule has 1 amide bonds. The number of anilines is 1. The lowest BCUT2D eigenvalue weighted by Gasteiger charge is -2.06. The number of methoxy groups -OCH3 is 1. The molecule has 5 nitrogen and oxygen atoms in total. The fraction of sp³-hybridized carbons (Fsp3) is 0.158. The van der Waals surface area contributed by atoms with Crippen molar-refractivity contribution >= 4 is 35.0 Å². The molecular weight excluding hydrogens is 370 g/mol. The molecule has 3 aromatic rings. The Hall–Kier alpha value is -2.44. The second-order valence-electron chi connectivity index (χ2n) is 5.63. The van der Waals surface area contributed by atoms with Crippen LogP contribution in [0.3, 0.4) is 0 Å². The number of benzene rings is 2. The first kappa shape index (κ1) is 18.4. The van der Waals surface area contributed by atoms with Crippen LogP contribution in [0.2, 0.25) is 5.02 Å². The lowest BCUT2D eigenvalue weighted by molar-refractivity contribution is -0.113. The summed E-state index contributed by atoms with van der Waals surface area (Å²) < 4.78 is 5.16. The summed E-state index contributed by atoms with van der Waals surface area (Å²) in [7, 11) is 1.63. The summed E-state index contributed by atoms with van der Waals surface area (Å²) in [5.74, 6) is 0.939. The molecule has 0 spiro atoms. The van der Waals surface area contributed by atoms with Crippen LogP contribution in [-0.2, 0) is 4.79 Å². The van der Waals surface area contributed by atoms with Crippen LogP contribution in [0.1, 0.15) is 5.56 Å². The van der Waals surface area contributed by atoms with Gasteiger partial charge in [-0.3, -0.25) is 4.79 Å². The van der Waals surface area contributed by atoms with Crippen LogP contribution >= 0.6 is 23.4 Å². The number of aromatic nitrogens is 2. The maximum atomic E-state index is 12.1. The zero-order valence-corrected chi connectivity index (χ0v) is 15.9. The number of aryl methyl sites for hydroxylation is 1. The highest BCUT2D eigenvalue weighted by Crippen LogP contribution is 2.24. The highest BCUT2D eigenvalue weighted by Gasteiger charge is 2.08. The predicted molar refractivity (Wildman–Crippen MR) is 106 cm³/mol. The van der Waals surface area contributed by atoms with Crippen LogP contribution < -0.4 is 10.1 Å². The number of aromatic amines is 1. The van der Waals surface area contributed by atoms with Crippen LogP contribution in [0.25, 0.3) is 11.3 Å². The Kier molecular flexibility index (Phi) is 5.85. The van der Waals surface area contributed by atoms with Crippen molar-refractivity contribution in [2.24, 2.45) is 0 Å². The number of thioether (sulfide) groups is 1. The molecule has 1 aromatic heterocycles. The molecule has 0 fully saturated rings. The minimum atomic E-state index is -0.114. The normalized spacial score (nSPS) is 10.6. The number of amides is 1. The van der Waals surface area contributed by atoms with Gasteiger partial charge in [-0.15, -0.1) is 0 Å². The lowest BCUT2D eigenvalue weighted by Crippen LogP contribution is -2.14. The Morgan fingerprint density at radius 1 is 1.27 bits per heavy atom. The molecule has 1 heterocycles. The van der Waals surface area contributed by atoms with Gasteiger partial charge >= 0.3 is 0 Å². The number of H-pyrrole nitrogens is 1.